The number of benzene rings is 1. The molecule has 26 heavy (non-hydrogen) atoms. The molecule has 0 aliphatic carbocycles. The van der Waals surface area contributed by atoms with Gasteiger partial charge in [-0.05, 0) is 13.8 Å². The molecule has 0 amide bonds. The molecule has 0 N–H and O–H groups in total. The smallest absolute Gasteiger partial charge is 0.123 e. The third-order valence-corrected chi connectivity index (χ3v) is 5.64. The number of aryl methyl sites for hydroxylation is 2. The Bertz CT molecular complexity index is 841. The maximum Gasteiger partial charge on any atom is 0.123 e. The van der Waals surface area contributed by atoms with Crippen molar-refractivity contribution in [2.45, 2.75) is 26.9 Å². The van der Waals surface area contributed by atoms with Crippen LogP contribution in [0.1, 0.15) is 21.8 Å². The highest BCUT2D eigenvalue weighted by Crippen LogP contribution is 2.26. The third-order valence-electron chi connectivity index (χ3n) is 4.61. The number of hydrogen-bond acceptors (Lipinski definition) is 5. The summed E-state index contributed by atoms with van der Waals surface area (Å²) in [6.07, 6.45) is 2.00. The Morgan fingerprint density at radius 1 is 1.15 bits per heavy atom. The molecule has 2 aromatic heterocycles. The lowest BCUT2D eigenvalue weighted by Gasteiger charge is -2.21. The van der Waals surface area contributed by atoms with Crippen LogP contribution in [0.15, 0.2) is 36.5 Å². The molecule has 0 unspecified atom stereocenters. The summed E-state index contributed by atoms with van der Waals surface area (Å²) >= 11 is 1.76. The van der Waals surface area contributed by atoms with Gasteiger partial charge in [0.15, 0.2) is 0 Å². The Kier molecular flexibility index (Phi) is 6.19. The molecule has 0 aliphatic heterocycles. The van der Waals surface area contributed by atoms with E-state index < -0.39 is 0 Å². The van der Waals surface area contributed by atoms with Crippen molar-refractivity contribution in [3.63, 3.8) is 0 Å². The van der Waals surface area contributed by atoms with Crippen LogP contribution in [-0.2, 0) is 24.9 Å². The van der Waals surface area contributed by atoms with Gasteiger partial charge < -0.3 is 4.74 Å². The van der Waals surface area contributed by atoms with Crippen LogP contribution in [0.25, 0.3) is 10.6 Å². The van der Waals surface area contributed by atoms with Gasteiger partial charge in [-0.25, -0.2) is 4.98 Å². The zero-order valence-electron chi connectivity index (χ0n) is 15.9. The highest BCUT2D eigenvalue weighted by Gasteiger charge is 2.15. The summed E-state index contributed by atoms with van der Waals surface area (Å²) in [4.78, 5) is 8.28. The van der Waals surface area contributed by atoms with Gasteiger partial charge in [0.25, 0.3) is 0 Å². The van der Waals surface area contributed by atoms with Crippen LogP contribution in [-0.4, -0.2) is 39.9 Å². The summed E-state index contributed by atoms with van der Waals surface area (Å²) in [6.45, 7) is 7.53. The summed E-state index contributed by atoms with van der Waals surface area (Å²) in [5.41, 5.74) is 4.79. The van der Waals surface area contributed by atoms with Crippen LogP contribution in [0, 0.1) is 13.8 Å². The van der Waals surface area contributed by atoms with Crippen LogP contribution in [0.2, 0.25) is 0 Å². The van der Waals surface area contributed by atoms with Gasteiger partial charge in [0.2, 0.25) is 0 Å². The van der Waals surface area contributed by atoms with Crippen molar-refractivity contribution >= 4 is 11.3 Å². The number of thiazole rings is 1. The maximum absolute atomic E-state index is 5.31. The number of nitrogens with zero attached hydrogens (tertiary/aromatic N) is 4. The van der Waals surface area contributed by atoms with E-state index in [1.165, 1.54) is 21.7 Å². The second-order valence-corrected chi connectivity index (χ2v) is 7.59. The summed E-state index contributed by atoms with van der Waals surface area (Å²) < 4.78 is 7.27. The predicted molar refractivity (Wildman–Crippen MR) is 106 cm³/mol. The molecule has 2 heterocycles. The second-order valence-electron chi connectivity index (χ2n) is 6.47. The fraction of sp³-hybridized carbons (Fsp3) is 0.400. The van der Waals surface area contributed by atoms with Crippen LogP contribution >= 0.6 is 11.3 Å². The van der Waals surface area contributed by atoms with Gasteiger partial charge in [0.1, 0.15) is 5.01 Å². The molecule has 5 nitrogen and oxygen atoms in total. The highest BCUT2D eigenvalue weighted by molar-refractivity contribution is 7.15. The maximum atomic E-state index is 5.31. The molecule has 0 saturated heterocycles. The number of rotatable bonds is 8. The van der Waals surface area contributed by atoms with Crippen molar-refractivity contribution in [2.24, 2.45) is 7.05 Å². The minimum atomic E-state index is 0.711. The molecule has 6 heteroatoms. The molecule has 3 aromatic rings. The Morgan fingerprint density at radius 3 is 2.58 bits per heavy atom. The molecule has 0 spiro atoms. The van der Waals surface area contributed by atoms with Gasteiger partial charge in [0.05, 0.1) is 12.3 Å². The Balaban J connectivity index is 1.75. The van der Waals surface area contributed by atoms with Crippen molar-refractivity contribution in [3.05, 3.63) is 58.4 Å². The van der Waals surface area contributed by atoms with E-state index >= 15 is 0 Å². The molecular weight excluding hydrogens is 344 g/mol. The van der Waals surface area contributed by atoms with Crippen LogP contribution in [0.5, 0.6) is 0 Å². The fourth-order valence-corrected chi connectivity index (χ4v) is 3.98. The van der Waals surface area contributed by atoms with Gasteiger partial charge in [-0.1, -0.05) is 30.3 Å². The SMILES string of the molecule is COCCN(Cc1cnc(-c2ccccc2)s1)Cc1c(C)nn(C)c1C. The molecule has 0 aliphatic rings. The van der Waals surface area contributed by atoms with Crippen LogP contribution in [0.4, 0.5) is 0 Å². The first kappa shape index (κ1) is 18.8. The van der Waals surface area contributed by atoms with E-state index in [-0.39, 0.29) is 0 Å². The van der Waals surface area contributed by atoms with E-state index in [9.17, 15) is 0 Å². The second kappa shape index (κ2) is 8.58. The molecule has 138 valence electrons. The highest BCUT2D eigenvalue weighted by atomic mass is 32.1. The first-order valence-corrected chi connectivity index (χ1v) is 9.60. The number of methoxy groups -OCH3 is 1. The van der Waals surface area contributed by atoms with Gasteiger partial charge in [-0.15, -0.1) is 11.3 Å². The van der Waals surface area contributed by atoms with E-state index in [0.717, 1.165) is 30.3 Å². The minimum Gasteiger partial charge on any atom is -0.383 e. The fourth-order valence-electron chi connectivity index (χ4n) is 3.02. The van der Waals surface area contributed by atoms with E-state index in [2.05, 4.69) is 53.1 Å². The standard InChI is InChI=1S/C20H26N4OS/c1-15-19(16(2)23(3)22-15)14-24(10-11-25-4)13-18-12-21-20(26-18)17-8-6-5-7-9-17/h5-9,12H,10-11,13-14H2,1-4H3. The Hall–Kier alpha value is -2.02. The Labute approximate surface area is 159 Å². The summed E-state index contributed by atoms with van der Waals surface area (Å²) in [7, 11) is 3.75. The van der Waals surface area contributed by atoms with Crippen LogP contribution in [0.3, 0.4) is 0 Å². The zero-order chi connectivity index (χ0) is 18.5. The topological polar surface area (TPSA) is 43.2 Å². The van der Waals surface area contributed by atoms with E-state index in [0.29, 0.717) is 6.61 Å². The largest absolute Gasteiger partial charge is 0.383 e. The average molecular weight is 371 g/mol. The lowest BCUT2D eigenvalue weighted by molar-refractivity contribution is 0.140. The lowest BCUT2D eigenvalue weighted by atomic mass is 10.2. The zero-order valence-corrected chi connectivity index (χ0v) is 16.7. The number of aromatic nitrogens is 3. The van der Waals surface area contributed by atoms with Crippen LogP contribution < -0.4 is 0 Å². The first-order chi connectivity index (χ1) is 12.6. The van der Waals surface area contributed by atoms with Crippen molar-refractivity contribution < 1.29 is 4.74 Å². The van der Waals surface area contributed by atoms with Gasteiger partial charge in [-0.2, -0.15) is 5.10 Å². The molecule has 0 fully saturated rings. The molecule has 3 rings (SSSR count). The monoisotopic (exact) mass is 370 g/mol. The Morgan fingerprint density at radius 2 is 1.92 bits per heavy atom. The summed E-state index contributed by atoms with van der Waals surface area (Å²) in [5.74, 6) is 0. The molecule has 0 radical (unpaired) electrons. The van der Waals surface area contributed by atoms with Crippen molar-refractivity contribution in [3.8, 4) is 10.6 Å². The van der Waals surface area contributed by atoms with Crippen molar-refractivity contribution in [1.82, 2.24) is 19.7 Å². The number of hydrogen-bond donors (Lipinski definition) is 0. The van der Waals surface area contributed by atoms with Gasteiger partial charge in [0, 0.05) is 61.7 Å². The predicted octanol–water partition coefficient (Wildman–Crippen LogP) is 3.81. The molecule has 1 aromatic carbocycles. The molecular formula is C20H26N4OS. The quantitative estimate of drug-likeness (QED) is 0.605. The summed E-state index contributed by atoms with van der Waals surface area (Å²) in [6, 6.07) is 10.3. The first-order valence-electron chi connectivity index (χ1n) is 8.79. The van der Waals surface area contributed by atoms with Gasteiger partial charge >= 0.3 is 0 Å². The lowest BCUT2D eigenvalue weighted by Crippen LogP contribution is -2.26. The normalized spacial score (nSPS) is 11.4. The van der Waals surface area contributed by atoms with Gasteiger partial charge in [-0.3, -0.25) is 9.58 Å². The van der Waals surface area contributed by atoms with E-state index in [1.807, 2.05) is 24.0 Å². The van der Waals surface area contributed by atoms with E-state index in [1.54, 1.807) is 18.4 Å². The average Bonchev–Trinajstić information content (AvgIpc) is 3.20. The molecule has 0 saturated carbocycles. The minimum absolute atomic E-state index is 0.711. The van der Waals surface area contributed by atoms with E-state index in [4.69, 9.17) is 4.74 Å². The van der Waals surface area contributed by atoms with Crippen molar-refractivity contribution in [2.75, 3.05) is 20.3 Å². The number of ether oxygens (including phenoxy) is 1. The third kappa shape index (κ3) is 4.38. The summed E-state index contributed by atoms with van der Waals surface area (Å²) in [5, 5.41) is 5.61. The molecule has 0 atom stereocenters. The molecule has 0 bridgehead atoms. The van der Waals surface area contributed by atoms with Crippen molar-refractivity contribution in [1.29, 1.82) is 0 Å².